The van der Waals surface area contributed by atoms with Crippen LogP contribution in [0.4, 0.5) is 0 Å². The summed E-state index contributed by atoms with van der Waals surface area (Å²) in [6.07, 6.45) is 1.98. The van der Waals surface area contributed by atoms with E-state index in [1.54, 1.807) is 0 Å². The van der Waals surface area contributed by atoms with Crippen molar-refractivity contribution in [1.29, 1.82) is 0 Å². The fourth-order valence-electron chi connectivity index (χ4n) is 1.33. The Labute approximate surface area is 75.8 Å². The van der Waals surface area contributed by atoms with E-state index >= 15 is 0 Å². The van der Waals surface area contributed by atoms with Gasteiger partial charge in [0.15, 0.2) is 0 Å². The molecule has 0 radical (unpaired) electrons. The van der Waals surface area contributed by atoms with Gasteiger partial charge in [0.2, 0.25) is 0 Å². The fourth-order valence-corrected chi connectivity index (χ4v) is 1.65. The predicted octanol–water partition coefficient (Wildman–Crippen LogP) is 2.38. The number of imidazole rings is 1. The summed E-state index contributed by atoms with van der Waals surface area (Å²) in [4.78, 5) is 4.36. The standard InChI is InChI=1S/C9H9ClN2/c1-7-8(6-10)12-5-3-2-4-9(12)11-7/h2-5H,6H2,1H3. The molecule has 0 spiro atoms. The van der Waals surface area contributed by atoms with Crippen molar-refractivity contribution >= 4 is 17.2 Å². The summed E-state index contributed by atoms with van der Waals surface area (Å²) in [5.41, 5.74) is 3.05. The number of alkyl halides is 1. The average molecular weight is 181 g/mol. The number of aromatic nitrogens is 2. The summed E-state index contributed by atoms with van der Waals surface area (Å²) in [5.74, 6) is 0.511. The first kappa shape index (κ1) is 7.62. The monoisotopic (exact) mass is 180 g/mol. The van der Waals surface area contributed by atoms with Crippen molar-refractivity contribution in [2.75, 3.05) is 0 Å². The Balaban J connectivity index is 2.81. The number of pyridine rings is 1. The van der Waals surface area contributed by atoms with E-state index < -0.39 is 0 Å². The van der Waals surface area contributed by atoms with E-state index in [0.717, 1.165) is 17.0 Å². The van der Waals surface area contributed by atoms with Gasteiger partial charge >= 0.3 is 0 Å². The predicted molar refractivity (Wildman–Crippen MR) is 49.5 cm³/mol. The Kier molecular flexibility index (Phi) is 1.77. The zero-order valence-corrected chi connectivity index (χ0v) is 7.54. The fraction of sp³-hybridized carbons (Fsp3) is 0.222. The minimum absolute atomic E-state index is 0.511. The molecule has 0 saturated carbocycles. The Morgan fingerprint density at radius 2 is 2.33 bits per heavy atom. The number of halogens is 1. The van der Waals surface area contributed by atoms with Crippen molar-refractivity contribution in [3.05, 3.63) is 35.8 Å². The first-order valence-corrected chi connectivity index (χ1v) is 4.35. The topological polar surface area (TPSA) is 17.3 Å². The largest absolute Gasteiger partial charge is 0.303 e. The molecule has 0 fully saturated rings. The molecule has 2 nitrogen and oxygen atoms in total. The van der Waals surface area contributed by atoms with Crippen LogP contribution >= 0.6 is 11.6 Å². The van der Waals surface area contributed by atoms with Crippen LogP contribution in [0.25, 0.3) is 5.65 Å². The van der Waals surface area contributed by atoms with Crippen LogP contribution < -0.4 is 0 Å². The molecule has 0 N–H and O–H groups in total. The average Bonchev–Trinajstić information content (AvgIpc) is 2.40. The van der Waals surface area contributed by atoms with Gasteiger partial charge < -0.3 is 4.40 Å². The van der Waals surface area contributed by atoms with Gasteiger partial charge in [0.05, 0.1) is 17.3 Å². The van der Waals surface area contributed by atoms with Gasteiger partial charge in [-0.2, -0.15) is 0 Å². The summed E-state index contributed by atoms with van der Waals surface area (Å²) < 4.78 is 2.02. The molecule has 3 heteroatoms. The van der Waals surface area contributed by atoms with Crippen LogP contribution in [0.15, 0.2) is 24.4 Å². The molecule has 12 heavy (non-hydrogen) atoms. The maximum Gasteiger partial charge on any atom is 0.137 e. The number of fused-ring (bicyclic) bond motifs is 1. The molecule has 2 heterocycles. The quantitative estimate of drug-likeness (QED) is 0.616. The van der Waals surface area contributed by atoms with Crippen molar-refractivity contribution in [3.63, 3.8) is 0 Å². The lowest BCUT2D eigenvalue weighted by atomic mass is 10.4. The summed E-state index contributed by atoms with van der Waals surface area (Å²) in [5, 5.41) is 0. The van der Waals surface area contributed by atoms with Gasteiger partial charge in [-0.3, -0.25) is 0 Å². The number of hydrogen-bond donors (Lipinski definition) is 0. The van der Waals surface area contributed by atoms with Crippen LogP contribution in [0.5, 0.6) is 0 Å². The smallest absolute Gasteiger partial charge is 0.137 e. The molecular formula is C9H9ClN2. The number of aryl methyl sites for hydroxylation is 1. The van der Waals surface area contributed by atoms with Crippen LogP contribution in [0.2, 0.25) is 0 Å². The number of nitrogens with zero attached hydrogens (tertiary/aromatic N) is 2. The Bertz CT molecular complexity index is 406. The molecule has 62 valence electrons. The number of hydrogen-bond acceptors (Lipinski definition) is 1. The van der Waals surface area contributed by atoms with Gasteiger partial charge in [-0.15, -0.1) is 11.6 Å². The molecule has 0 aliphatic heterocycles. The third-order valence-corrected chi connectivity index (χ3v) is 2.21. The van der Waals surface area contributed by atoms with E-state index in [2.05, 4.69) is 4.98 Å². The number of rotatable bonds is 1. The lowest BCUT2D eigenvalue weighted by Gasteiger charge is -1.95. The maximum absolute atomic E-state index is 5.79. The minimum atomic E-state index is 0.511. The Morgan fingerprint density at radius 1 is 1.50 bits per heavy atom. The SMILES string of the molecule is Cc1nc2ccccn2c1CCl. The van der Waals surface area contributed by atoms with Crippen molar-refractivity contribution in [2.45, 2.75) is 12.8 Å². The normalized spacial score (nSPS) is 10.8. The van der Waals surface area contributed by atoms with Crippen molar-refractivity contribution in [3.8, 4) is 0 Å². The van der Waals surface area contributed by atoms with E-state index in [4.69, 9.17) is 11.6 Å². The molecule has 0 aliphatic carbocycles. The van der Waals surface area contributed by atoms with E-state index in [9.17, 15) is 0 Å². The molecule has 0 unspecified atom stereocenters. The first-order valence-electron chi connectivity index (χ1n) is 3.81. The van der Waals surface area contributed by atoms with E-state index in [0.29, 0.717) is 5.88 Å². The third-order valence-electron chi connectivity index (χ3n) is 1.96. The molecule has 0 saturated heterocycles. The van der Waals surface area contributed by atoms with Gasteiger partial charge in [-0.1, -0.05) is 6.07 Å². The molecule has 0 aliphatic rings. The highest BCUT2D eigenvalue weighted by atomic mass is 35.5. The molecular weight excluding hydrogens is 172 g/mol. The maximum atomic E-state index is 5.79. The van der Waals surface area contributed by atoms with Gasteiger partial charge in [0.1, 0.15) is 5.65 Å². The van der Waals surface area contributed by atoms with Gasteiger partial charge in [0.25, 0.3) is 0 Å². The van der Waals surface area contributed by atoms with Crippen molar-refractivity contribution in [1.82, 2.24) is 9.38 Å². The summed E-state index contributed by atoms with van der Waals surface area (Å²) in [6, 6.07) is 5.92. The summed E-state index contributed by atoms with van der Waals surface area (Å²) >= 11 is 5.79. The van der Waals surface area contributed by atoms with Crippen molar-refractivity contribution < 1.29 is 0 Å². The molecule has 0 aromatic carbocycles. The second-order valence-electron chi connectivity index (χ2n) is 2.71. The van der Waals surface area contributed by atoms with Gasteiger partial charge in [-0.05, 0) is 19.1 Å². The molecule has 0 amide bonds. The van der Waals surface area contributed by atoms with E-state index in [-0.39, 0.29) is 0 Å². The molecule has 2 aromatic heterocycles. The zero-order chi connectivity index (χ0) is 8.55. The first-order chi connectivity index (χ1) is 5.83. The second kappa shape index (κ2) is 2.79. The zero-order valence-electron chi connectivity index (χ0n) is 6.79. The minimum Gasteiger partial charge on any atom is -0.303 e. The van der Waals surface area contributed by atoms with E-state index in [1.165, 1.54) is 0 Å². The van der Waals surface area contributed by atoms with E-state index in [1.807, 2.05) is 35.7 Å². The summed E-state index contributed by atoms with van der Waals surface area (Å²) in [6.45, 7) is 1.98. The van der Waals surface area contributed by atoms with Gasteiger partial charge in [-0.25, -0.2) is 4.98 Å². The highest BCUT2D eigenvalue weighted by Gasteiger charge is 2.04. The summed E-state index contributed by atoms with van der Waals surface area (Å²) in [7, 11) is 0. The second-order valence-corrected chi connectivity index (χ2v) is 2.97. The van der Waals surface area contributed by atoms with Crippen LogP contribution in [0.3, 0.4) is 0 Å². The molecule has 2 aromatic rings. The highest BCUT2D eigenvalue weighted by molar-refractivity contribution is 6.17. The van der Waals surface area contributed by atoms with Crippen LogP contribution in [0, 0.1) is 6.92 Å². The lowest BCUT2D eigenvalue weighted by molar-refractivity contribution is 1.07. The lowest BCUT2D eigenvalue weighted by Crippen LogP contribution is -1.89. The Morgan fingerprint density at radius 3 is 3.08 bits per heavy atom. The Hall–Kier alpha value is -1.02. The van der Waals surface area contributed by atoms with Crippen LogP contribution in [-0.4, -0.2) is 9.38 Å². The van der Waals surface area contributed by atoms with Crippen molar-refractivity contribution in [2.24, 2.45) is 0 Å². The van der Waals surface area contributed by atoms with Gasteiger partial charge in [0, 0.05) is 6.20 Å². The molecule has 0 atom stereocenters. The van der Waals surface area contributed by atoms with Crippen LogP contribution in [-0.2, 0) is 5.88 Å². The third kappa shape index (κ3) is 0.994. The van der Waals surface area contributed by atoms with Crippen LogP contribution in [0.1, 0.15) is 11.4 Å². The highest BCUT2D eigenvalue weighted by Crippen LogP contribution is 2.13. The molecule has 2 rings (SSSR count). The molecule has 0 bridgehead atoms.